The maximum atomic E-state index is 12.2. The van der Waals surface area contributed by atoms with Gasteiger partial charge in [0.1, 0.15) is 12.7 Å². The fourth-order valence-corrected chi connectivity index (χ4v) is 2.48. The zero-order valence-electron chi connectivity index (χ0n) is 16.4. The summed E-state index contributed by atoms with van der Waals surface area (Å²) < 4.78 is 9.90. The Morgan fingerprint density at radius 2 is 1.81 bits per heavy atom. The molecule has 0 heterocycles. The van der Waals surface area contributed by atoms with Crippen molar-refractivity contribution in [2.75, 3.05) is 21.3 Å². The molecule has 27 heavy (non-hydrogen) atoms. The Kier molecular flexibility index (Phi) is 8.81. The first-order chi connectivity index (χ1) is 12.9. The quantitative estimate of drug-likeness (QED) is 0.178. The maximum Gasteiger partial charge on any atom is 0.341 e. The van der Waals surface area contributed by atoms with Gasteiger partial charge in [0.15, 0.2) is 5.76 Å². The molecule has 0 saturated heterocycles. The Balaban J connectivity index is 3.66. The van der Waals surface area contributed by atoms with Gasteiger partial charge >= 0.3 is 5.97 Å². The lowest BCUT2D eigenvalue weighted by atomic mass is 9.95. The van der Waals surface area contributed by atoms with E-state index in [0.717, 1.165) is 5.57 Å². The van der Waals surface area contributed by atoms with Crippen LogP contribution in [-0.4, -0.2) is 33.0 Å². The number of esters is 1. The lowest BCUT2D eigenvalue weighted by Gasteiger charge is -2.16. The number of rotatable bonds is 9. The van der Waals surface area contributed by atoms with E-state index < -0.39 is 5.97 Å². The molecule has 7 heteroatoms. The van der Waals surface area contributed by atoms with Crippen LogP contribution in [0.5, 0.6) is 0 Å². The summed E-state index contributed by atoms with van der Waals surface area (Å²) in [6.45, 7) is 7.59. The summed E-state index contributed by atoms with van der Waals surface area (Å²) in [6.07, 6.45) is 1.79. The average Bonchev–Trinajstić information content (AvgIpc) is 2.66. The number of hydrogen-bond acceptors (Lipinski definition) is 7. The molecule has 1 aromatic carbocycles. The van der Waals surface area contributed by atoms with Gasteiger partial charge in [-0.25, -0.2) is 4.79 Å². The molecule has 0 bridgehead atoms. The smallest absolute Gasteiger partial charge is 0.341 e. The van der Waals surface area contributed by atoms with Crippen LogP contribution in [0, 0.1) is 0 Å². The monoisotopic (exact) mass is 374 g/mol. The molecule has 7 nitrogen and oxygen atoms in total. The van der Waals surface area contributed by atoms with Crippen molar-refractivity contribution in [2.45, 2.75) is 20.3 Å². The minimum atomic E-state index is -0.550. The molecule has 0 aliphatic heterocycles. The minimum Gasteiger partial charge on any atom is -0.503 e. The highest BCUT2D eigenvalue weighted by molar-refractivity contribution is 6.17. The molecule has 0 aliphatic rings. The van der Waals surface area contributed by atoms with Crippen molar-refractivity contribution in [1.82, 2.24) is 0 Å². The summed E-state index contributed by atoms with van der Waals surface area (Å²) in [5.74, 6) is 5.37. The molecule has 0 fully saturated rings. The average molecular weight is 374 g/mol. The van der Waals surface area contributed by atoms with Crippen LogP contribution in [0.3, 0.4) is 0 Å². The standard InChI is InChI=1S/C20H26N2O5/c1-13(2)11-18(22-26-6)14(3)19(27-21)16-10-8-7-9-15(16)17(12-24-4)20(23)25-5/h7-10,12H,1,11,21H2,2-6H3/b17-12+,19-14+,22-18+. The lowest BCUT2D eigenvalue weighted by molar-refractivity contribution is -0.133. The Hall–Kier alpha value is -3.06. The third kappa shape index (κ3) is 5.72. The van der Waals surface area contributed by atoms with Gasteiger partial charge in [0.25, 0.3) is 0 Å². The van der Waals surface area contributed by atoms with E-state index in [4.69, 9.17) is 25.0 Å². The molecule has 2 N–H and O–H groups in total. The second-order valence-electron chi connectivity index (χ2n) is 5.73. The van der Waals surface area contributed by atoms with Crippen molar-refractivity contribution in [3.63, 3.8) is 0 Å². The summed E-state index contributed by atoms with van der Waals surface area (Å²) in [5, 5.41) is 4.05. The zero-order valence-corrected chi connectivity index (χ0v) is 16.4. The highest BCUT2D eigenvalue weighted by Gasteiger charge is 2.22. The van der Waals surface area contributed by atoms with Gasteiger partial charge in [-0.3, -0.25) is 0 Å². The van der Waals surface area contributed by atoms with Gasteiger partial charge < -0.3 is 19.1 Å². The number of nitrogens with two attached hydrogens (primary N) is 1. The summed E-state index contributed by atoms with van der Waals surface area (Å²) >= 11 is 0. The molecule has 0 saturated carbocycles. The van der Waals surface area contributed by atoms with Gasteiger partial charge in [-0.2, -0.15) is 5.90 Å². The zero-order chi connectivity index (χ0) is 20.4. The molecule has 1 rings (SSSR count). The molecule has 1 aromatic rings. The van der Waals surface area contributed by atoms with E-state index in [1.54, 1.807) is 31.2 Å². The van der Waals surface area contributed by atoms with E-state index in [0.29, 0.717) is 34.6 Å². The fourth-order valence-electron chi connectivity index (χ4n) is 2.48. The number of hydrogen-bond donors (Lipinski definition) is 1. The number of carbonyl (C=O) groups is 1. The Labute approximate surface area is 159 Å². The van der Waals surface area contributed by atoms with Crippen LogP contribution in [-0.2, 0) is 23.9 Å². The number of methoxy groups -OCH3 is 2. The molecule has 0 atom stereocenters. The second kappa shape index (κ2) is 10.8. The number of ether oxygens (including phenoxy) is 2. The van der Waals surface area contributed by atoms with Gasteiger partial charge in [0.2, 0.25) is 0 Å². The summed E-state index contributed by atoms with van der Waals surface area (Å²) in [6, 6.07) is 7.11. The molecule has 146 valence electrons. The van der Waals surface area contributed by atoms with Gasteiger partial charge in [0.05, 0.1) is 26.2 Å². The third-order valence-electron chi connectivity index (χ3n) is 3.66. The normalized spacial score (nSPS) is 12.8. The molecule has 0 radical (unpaired) electrons. The molecule has 0 unspecified atom stereocenters. The summed E-state index contributed by atoms with van der Waals surface area (Å²) in [4.78, 5) is 22.3. The van der Waals surface area contributed by atoms with Crippen molar-refractivity contribution in [1.29, 1.82) is 0 Å². The first kappa shape index (κ1) is 22.0. The highest BCUT2D eigenvalue weighted by atomic mass is 16.6. The van der Waals surface area contributed by atoms with Crippen molar-refractivity contribution in [3.05, 3.63) is 59.4 Å². The number of nitrogens with zero attached hydrogens (tertiary/aromatic N) is 1. The van der Waals surface area contributed by atoms with Crippen LogP contribution < -0.4 is 5.90 Å². The number of allylic oxidation sites excluding steroid dienone is 2. The van der Waals surface area contributed by atoms with Crippen molar-refractivity contribution >= 4 is 23.0 Å². The van der Waals surface area contributed by atoms with Crippen LogP contribution in [0.1, 0.15) is 31.4 Å². The lowest BCUT2D eigenvalue weighted by Crippen LogP contribution is -2.12. The van der Waals surface area contributed by atoms with Crippen LogP contribution in [0.2, 0.25) is 0 Å². The van der Waals surface area contributed by atoms with Crippen LogP contribution >= 0.6 is 0 Å². The number of benzene rings is 1. The van der Waals surface area contributed by atoms with E-state index in [2.05, 4.69) is 11.7 Å². The second-order valence-corrected chi connectivity index (χ2v) is 5.73. The van der Waals surface area contributed by atoms with E-state index >= 15 is 0 Å². The van der Waals surface area contributed by atoms with Crippen LogP contribution in [0.25, 0.3) is 11.3 Å². The Morgan fingerprint density at radius 3 is 2.30 bits per heavy atom. The first-order valence-electron chi connectivity index (χ1n) is 8.14. The van der Waals surface area contributed by atoms with Crippen molar-refractivity contribution in [2.24, 2.45) is 11.1 Å². The topological polar surface area (TPSA) is 92.4 Å². The predicted molar refractivity (Wildman–Crippen MR) is 105 cm³/mol. The van der Waals surface area contributed by atoms with E-state index in [9.17, 15) is 4.79 Å². The Bertz CT molecular complexity index is 778. The van der Waals surface area contributed by atoms with Gasteiger partial charge in [-0.05, 0) is 13.8 Å². The minimum absolute atomic E-state index is 0.225. The largest absolute Gasteiger partial charge is 0.503 e. The highest BCUT2D eigenvalue weighted by Crippen LogP contribution is 2.29. The predicted octanol–water partition coefficient (Wildman–Crippen LogP) is 3.44. The summed E-state index contributed by atoms with van der Waals surface area (Å²) in [7, 11) is 4.20. The maximum absolute atomic E-state index is 12.2. The van der Waals surface area contributed by atoms with E-state index in [-0.39, 0.29) is 5.57 Å². The van der Waals surface area contributed by atoms with Crippen molar-refractivity contribution in [3.8, 4) is 0 Å². The molecule has 0 spiro atoms. The van der Waals surface area contributed by atoms with Crippen LogP contribution in [0.4, 0.5) is 0 Å². The van der Waals surface area contributed by atoms with E-state index in [1.807, 2.05) is 6.92 Å². The van der Waals surface area contributed by atoms with Gasteiger partial charge in [-0.1, -0.05) is 41.6 Å². The SMILES string of the molecule is C=C(C)CC(=N\OC)/C(C)=C(/ON)c1ccccc1/C(=C\OC)C(=O)OC. The molecular weight excluding hydrogens is 348 g/mol. The number of oxime groups is 1. The van der Waals surface area contributed by atoms with Crippen LogP contribution in [0.15, 0.2) is 53.4 Å². The Morgan fingerprint density at radius 1 is 1.19 bits per heavy atom. The fraction of sp³-hybridized carbons (Fsp3) is 0.300. The molecule has 0 aliphatic carbocycles. The molecule has 0 aromatic heterocycles. The van der Waals surface area contributed by atoms with Gasteiger partial charge in [-0.15, -0.1) is 0 Å². The van der Waals surface area contributed by atoms with E-state index in [1.165, 1.54) is 27.6 Å². The molecule has 0 amide bonds. The summed E-state index contributed by atoms with van der Waals surface area (Å²) in [5.41, 5.74) is 3.49. The number of carbonyl (C=O) groups excluding carboxylic acids is 1. The first-order valence-corrected chi connectivity index (χ1v) is 8.14. The third-order valence-corrected chi connectivity index (χ3v) is 3.66. The van der Waals surface area contributed by atoms with Crippen molar-refractivity contribution < 1.29 is 23.9 Å². The molecular formula is C20H26N2O5. The van der Waals surface area contributed by atoms with Gasteiger partial charge in [0, 0.05) is 23.1 Å².